The summed E-state index contributed by atoms with van der Waals surface area (Å²) in [5.41, 5.74) is 2.38. The van der Waals surface area contributed by atoms with Crippen LogP contribution in [0.5, 0.6) is 0 Å². The molecule has 0 spiro atoms. The van der Waals surface area contributed by atoms with E-state index < -0.39 is 5.97 Å². The predicted molar refractivity (Wildman–Crippen MR) is 56.3 cm³/mol. The molecule has 0 amide bonds. The van der Waals surface area contributed by atoms with Gasteiger partial charge in [-0.05, 0) is 13.8 Å². The van der Waals surface area contributed by atoms with Gasteiger partial charge in [-0.25, -0.2) is 0 Å². The number of aryl methyl sites for hydroxylation is 1. The van der Waals surface area contributed by atoms with Gasteiger partial charge in [0.05, 0.1) is 12.5 Å². The molecule has 0 aliphatic rings. The Bertz CT molecular complexity index is 336. The second kappa shape index (κ2) is 5.51. The number of aliphatic carboxylic acids is 1. The number of carbonyl (C=O) groups excluding carboxylic acids is 1. The highest BCUT2D eigenvalue weighted by Gasteiger charge is 2.07. The molecule has 0 aromatic heterocycles. The third-order valence-electron chi connectivity index (χ3n) is 2.43. The van der Waals surface area contributed by atoms with Crippen molar-refractivity contribution in [2.24, 2.45) is 0 Å². The van der Waals surface area contributed by atoms with E-state index in [4.69, 9.17) is 0 Å². The van der Waals surface area contributed by atoms with Crippen molar-refractivity contribution in [1.82, 2.24) is 0 Å². The third kappa shape index (κ3) is 4.13. The molecule has 0 aliphatic heterocycles. The topological polar surface area (TPSA) is 44.6 Å². The van der Waals surface area contributed by atoms with Crippen LogP contribution in [0, 0.1) is 6.92 Å². The van der Waals surface area contributed by atoms with Crippen molar-refractivity contribution in [3.63, 3.8) is 0 Å². The zero-order chi connectivity index (χ0) is 11.3. The highest BCUT2D eigenvalue weighted by Crippen LogP contribution is 2.01. The van der Waals surface area contributed by atoms with E-state index in [2.05, 4.69) is 6.07 Å². The average molecular weight is 207 g/mol. The zero-order valence-corrected chi connectivity index (χ0v) is 9.25. The highest BCUT2D eigenvalue weighted by atomic mass is 16.4. The van der Waals surface area contributed by atoms with Gasteiger partial charge < -0.3 is 14.8 Å². The molecule has 1 unspecified atom stereocenters. The van der Waals surface area contributed by atoms with Crippen LogP contribution in [-0.2, 0) is 11.3 Å². The number of carboxylic acids is 1. The Kier molecular flexibility index (Phi) is 4.31. The number of hydrogen-bond acceptors (Lipinski definition) is 2. The minimum Gasteiger partial charge on any atom is -0.544 e. The molecular formula is C12H17NO2. The van der Waals surface area contributed by atoms with Gasteiger partial charge in [0.15, 0.2) is 0 Å². The molecule has 0 saturated heterocycles. The Morgan fingerprint density at radius 1 is 1.47 bits per heavy atom. The molecule has 1 aromatic carbocycles. The van der Waals surface area contributed by atoms with Crippen LogP contribution in [0.2, 0.25) is 0 Å². The normalized spacial score (nSPS) is 12.4. The van der Waals surface area contributed by atoms with Crippen LogP contribution in [0.15, 0.2) is 24.3 Å². The van der Waals surface area contributed by atoms with Crippen LogP contribution in [-0.4, -0.2) is 19.1 Å². The molecule has 0 aliphatic carbocycles. The van der Waals surface area contributed by atoms with Crippen LogP contribution >= 0.6 is 0 Å². The van der Waals surface area contributed by atoms with Crippen LogP contribution in [0.25, 0.3) is 0 Å². The van der Waals surface area contributed by atoms with Crippen LogP contribution < -0.4 is 10.0 Å². The number of carboxylic acid groups (broad SMARTS) is 1. The largest absolute Gasteiger partial charge is 0.544 e. The fourth-order valence-corrected chi connectivity index (χ4v) is 1.63. The van der Waals surface area contributed by atoms with E-state index in [1.165, 1.54) is 11.1 Å². The molecule has 0 fully saturated rings. The minimum absolute atomic E-state index is 0.0739. The Hall–Kier alpha value is -1.35. The first kappa shape index (κ1) is 11.7. The van der Waals surface area contributed by atoms with E-state index >= 15 is 0 Å². The molecule has 3 heteroatoms. The SMILES string of the molecule is CC[NH+](CC(=O)[O-])Cc1cccc(C)c1. The first-order valence-corrected chi connectivity index (χ1v) is 5.20. The van der Waals surface area contributed by atoms with Crippen molar-refractivity contribution in [1.29, 1.82) is 0 Å². The van der Waals surface area contributed by atoms with Gasteiger partial charge >= 0.3 is 0 Å². The summed E-state index contributed by atoms with van der Waals surface area (Å²) in [6.45, 7) is 5.63. The fraction of sp³-hybridized carbons (Fsp3) is 0.417. The summed E-state index contributed by atoms with van der Waals surface area (Å²) in [7, 11) is 0. The lowest BCUT2D eigenvalue weighted by Crippen LogP contribution is -3.11. The van der Waals surface area contributed by atoms with Crippen molar-refractivity contribution in [2.45, 2.75) is 20.4 Å². The molecule has 0 saturated carbocycles. The van der Waals surface area contributed by atoms with Crippen molar-refractivity contribution in [3.05, 3.63) is 35.4 Å². The van der Waals surface area contributed by atoms with Gasteiger partial charge in [0.1, 0.15) is 13.1 Å². The van der Waals surface area contributed by atoms with E-state index in [9.17, 15) is 9.90 Å². The number of rotatable bonds is 5. The smallest absolute Gasteiger partial charge is 0.118 e. The molecule has 82 valence electrons. The lowest BCUT2D eigenvalue weighted by molar-refractivity contribution is -0.906. The standard InChI is InChI=1S/C12H17NO2/c1-3-13(9-12(14)15)8-11-6-4-5-10(2)7-11/h4-7H,3,8-9H2,1-2H3,(H,14,15). The predicted octanol–water partition coefficient (Wildman–Crippen LogP) is -0.850. The van der Waals surface area contributed by atoms with Gasteiger partial charge in [-0.1, -0.05) is 29.8 Å². The van der Waals surface area contributed by atoms with Gasteiger partial charge in [0, 0.05) is 5.56 Å². The van der Waals surface area contributed by atoms with Crippen LogP contribution in [0.1, 0.15) is 18.1 Å². The molecule has 0 radical (unpaired) electrons. The minimum atomic E-state index is -0.987. The molecule has 1 N–H and O–H groups in total. The molecule has 0 heterocycles. The monoisotopic (exact) mass is 207 g/mol. The summed E-state index contributed by atoms with van der Waals surface area (Å²) in [5, 5.41) is 10.5. The Balaban J connectivity index is 2.62. The second-order valence-corrected chi connectivity index (χ2v) is 3.82. The summed E-state index contributed by atoms with van der Waals surface area (Å²) in [4.78, 5) is 11.5. The molecular weight excluding hydrogens is 190 g/mol. The highest BCUT2D eigenvalue weighted by molar-refractivity contribution is 5.65. The summed E-state index contributed by atoms with van der Waals surface area (Å²) in [5.74, 6) is -0.987. The van der Waals surface area contributed by atoms with Gasteiger partial charge in [0.2, 0.25) is 0 Å². The van der Waals surface area contributed by atoms with E-state index in [1.54, 1.807) is 0 Å². The maximum absolute atomic E-state index is 10.5. The Morgan fingerprint density at radius 3 is 2.73 bits per heavy atom. The second-order valence-electron chi connectivity index (χ2n) is 3.82. The summed E-state index contributed by atoms with van der Waals surface area (Å²) >= 11 is 0. The molecule has 15 heavy (non-hydrogen) atoms. The van der Waals surface area contributed by atoms with Crippen molar-refractivity contribution in [3.8, 4) is 0 Å². The molecule has 3 nitrogen and oxygen atoms in total. The number of likely N-dealkylation sites (N-methyl/N-ethyl adjacent to an activating group) is 1. The number of quaternary nitrogens is 1. The summed E-state index contributed by atoms with van der Waals surface area (Å²) < 4.78 is 0. The third-order valence-corrected chi connectivity index (χ3v) is 2.43. The van der Waals surface area contributed by atoms with Gasteiger partial charge in [-0.2, -0.15) is 0 Å². The zero-order valence-electron chi connectivity index (χ0n) is 9.25. The van der Waals surface area contributed by atoms with Crippen molar-refractivity contribution in [2.75, 3.05) is 13.1 Å². The van der Waals surface area contributed by atoms with E-state index in [1.807, 2.05) is 32.0 Å². The first-order chi connectivity index (χ1) is 7.11. The fourth-order valence-electron chi connectivity index (χ4n) is 1.63. The first-order valence-electron chi connectivity index (χ1n) is 5.20. The quantitative estimate of drug-likeness (QED) is 0.683. The maximum atomic E-state index is 10.5. The van der Waals surface area contributed by atoms with Crippen molar-refractivity contribution < 1.29 is 14.8 Å². The van der Waals surface area contributed by atoms with Crippen molar-refractivity contribution >= 4 is 5.97 Å². The van der Waals surface area contributed by atoms with Crippen LogP contribution in [0.4, 0.5) is 0 Å². The van der Waals surface area contributed by atoms with E-state index in [-0.39, 0.29) is 6.54 Å². The number of benzene rings is 1. The van der Waals surface area contributed by atoms with Gasteiger partial charge in [0.25, 0.3) is 0 Å². The summed E-state index contributed by atoms with van der Waals surface area (Å²) in [6.07, 6.45) is 0. The number of nitrogens with one attached hydrogen (secondary N) is 1. The van der Waals surface area contributed by atoms with Gasteiger partial charge in [-0.15, -0.1) is 0 Å². The Morgan fingerprint density at radius 2 is 2.20 bits per heavy atom. The molecule has 1 atom stereocenters. The van der Waals surface area contributed by atoms with E-state index in [0.717, 1.165) is 18.0 Å². The molecule has 0 bridgehead atoms. The average Bonchev–Trinajstić information content (AvgIpc) is 2.16. The lowest BCUT2D eigenvalue weighted by atomic mass is 10.1. The molecule has 1 rings (SSSR count). The van der Waals surface area contributed by atoms with Gasteiger partial charge in [-0.3, -0.25) is 0 Å². The Labute approximate surface area is 90.3 Å². The lowest BCUT2D eigenvalue weighted by Gasteiger charge is -2.18. The van der Waals surface area contributed by atoms with E-state index in [0.29, 0.717) is 0 Å². The number of carbonyl (C=O) groups is 1. The van der Waals surface area contributed by atoms with Crippen LogP contribution in [0.3, 0.4) is 0 Å². The number of hydrogen-bond donors (Lipinski definition) is 1. The summed E-state index contributed by atoms with van der Waals surface area (Å²) in [6, 6.07) is 8.15. The molecule has 1 aromatic rings. The maximum Gasteiger partial charge on any atom is 0.118 e.